The number of hydrogen-bond acceptors (Lipinski definition) is 5. The molecule has 1 aliphatic rings. The van der Waals surface area contributed by atoms with Crippen molar-refractivity contribution in [3.05, 3.63) is 64.7 Å². The van der Waals surface area contributed by atoms with Crippen molar-refractivity contribution in [2.75, 3.05) is 39.9 Å². The molecule has 1 heterocycles. The molecule has 1 amide bonds. The van der Waals surface area contributed by atoms with Crippen LogP contribution in [0.4, 0.5) is 0 Å². The number of aryl methyl sites for hydroxylation is 1. The van der Waals surface area contributed by atoms with Gasteiger partial charge in [0.2, 0.25) is 5.78 Å². The smallest absolute Gasteiger partial charge is 0.295 e. The van der Waals surface area contributed by atoms with E-state index >= 15 is 0 Å². The quantitative estimate of drug-likeness (QED) is 0.326. The van der Waals surface area contributed by atoms with E-state index in [0.29, 0.717) is 42.3 Å². The number of carbonyl (C=O) groups is 2. The summed E-state index contributed by atoms with van der Waals surface area (Å²) in [4.78, 5) is 29.2. The first kappa shape index (κ1) is 25.3. The topological polar surface area (TPSA) is 83.3 Å². The fourth-order valence-corrected chi connectivity index (χ4v) is 4.32. The van der Waals surface area contributed by atoms with E-state index in [9.17, 15) is 14.7 Å². The minimum atomic E-state index is -0.784. The maximum absolute atomic E-state index is 13.5. The summed E-state index contributed by atoms with van der Waals surface area (Å²) in [5.74, 6) is -0.746. The standard InChI is InChI=1S/C27H34N2O5/c1-6-28(7-2)15-16-29-24(20-13-14-21(34-8-3)22(17-20)33-5)23(26(31)27(29)32)25(30)19-11-9-18(4)10-12-19/h9-14,17,24,30H,6-8,15-16H2,1-5H3. The van der Waals surface area contributed by atoms with Gasteiger partial charge in [-0.05, 0) is 51.0 Å². The maximum atomic E-state index is 13.5. The van der Waals surface area contributed by atoms with Gasteiger partial charge in [0.25, 0.3) is 5.91 Å². The summed E-state index contributed by atoms with van der Waals surface area (Å²) in [6, 6.07) is 11.6. The minimum absolute atomic E-state index is 0.0189. The van der Waals surface area contributed by atoms with Crippen molar-refractivity contribution < 1.29 is 29.1 Å². The number of Topliss-reactive ketones (excluding diaryl/α,β-unsaturated/α-hetero) is 1. The number of ether oxygens (including phenoxy) is 2. The average molecular weight is 467 g/mol. The molecule has 182 valence electrons. The normalized spacial score (nSPS) is 17.5. The van der Waals surface area contributed by atoms with Gasteiger partial charge in [0, 0.05) is 5.57 Å². The lowest BCUT2D eigenvalue weighted by Crippen LogP contribution is -3.12. The summed E-state index contributed by atoms with van der Waals surface area (Å²) in [6.07, 6.45) is 0. The van der Waals surface area contributed by atoms with Crippen LogP contribution in [0.1, 0.15) is 43.5 Å². The zero-order valence-electron chi connectivity index (χ0n) is 20.6. The first-order valence-electron chi connectivity index (χ1n) is 11.8. The number of quaternary nitrogens is 1. The molecule has 2 aromatic carbocycles. The van der Waals surface area contributed by atoms with Crippen LogP contribution in [0.3, 0.4) is 0 Å². The molecule has 2 aromatic rings. The van der Waals surface area contributed by atoms with Crippen LogP contribution in [0, 0.1) is 6.92 Å². The van der Waals surface area contributed by atoms with Gasteiger partial charge in [-0.2, -0.15) is 0 Å². The lowest BCUT2D eigenvalue weighted by Gasteiger charge is -2.29. The summed E-state index contributed by atoms with van der Waals surface area (Å²) in [6.45, 7) is 11.3. The molecule has 1 fully saturated rings. The Hall–Kier alpha value is -3.32. The molecule has 1 aliphatic heterocycles. The summed E-state index contributed by atoms with van der Waals surface area (Å²) in [7, 11) is 1.54. The molecule has 3 rings (SSSR count). The number of hydrogen-bond donors (Lipinski definition) is 1. The zero-order chi connectivity index (χ0) is 24.8. The van der Waals surface area contributed by atoms with Crippen molar-refractivity contribution >= 4 is 17.4 Å². The van der Waals surface area contributed by atoms with Gasteiger partial charge < -0.3 is 24.4 Å². The second-order valence-electron chi connectivity index (χ2n) is 8.39. The van der Waals surface area contributed by atoms with E-state index in [-0.39, 0.29) is 5.57 Å². The number of nitrogens with one attached hydrogen (secondary N) is 1. The third kappa shape index (κ3) is 5.09. The van der Waals surface area contributed by atoms with Gasteiger partial charge in [-0.25, -0.2) is 0 Å². The van der Waals surface area contributed by atoms with E-state index in [2.05, 4.69) is 13.8 Å². The van der Waals surface area contributed by atoms with Gasteiger partial charge >= 0.3 is 0 Å². The molecule has 0 spiro atoms. The summed E-state index contributed by atoms with van der Waals surface area (Å²) >= 11 is 0. The van der Waals surface area contributed by atoms with Crippen molar-refractivity contribution in [3.8, 4) is 11.5 Å². The first-order chi connectivity index (χ1) is 16.4. The fraction of sp³-hybridized carbons (Fsp3) is 0.407. The van der Waals surface area contributed by atoms with Crippen LogP contribution in [0.25, 0.3) is 5.76 Å². The number of likely N-dealkylation sites (N-methyl/N-ethyl adjacent to an activating group) is 1. The molecule has 1 saturated heterocycles. The fourth-order valence-electron chi connectivity index (χ4n) is 4.32. The predicted molar refractivity (Wildman–Crippen MR) is 129 cm³/mol. The number of carbonyl (C=O) groups excluding carboxylic acids is 2. The molecule has 0 radical (unpaired) electrons. The molecule has 0 bridgehead atoms. The van der Waals surface area contributed by atoms with Gasteiger partial charge in [0.15, 0.2) is 11.5 Å². The Balaban J connectivity index is 2.14. The highest BCUT2D eigenvalue weighted by Gasteiger charge is 2.44. The summed E-state index contributed by atoms with van der Waals surface area (Å²) in [5, 5.41) is 13.5. The SMILES string of the molecule is CCOc1ccc(C2C(=C([O-])c3ccc(C)cc3)C(=O)C(=O)N2CC[NH+](CC)CC)cc1OC. The van der Waals surface area contributed by atoms with E-state index in [0.717, 1.165) is 18.7 Å². The molecule has 1 atom stereocenters. The number of methoxy groups -OCH3 is 1. The molecule has 0 aliphatic carbocycles. The van der Waals surface area contributed by atoms with Crippen molar-refractivity contribution in [2.45, 2.75) is 33.7 Å². The highest BCUT2D eigenvalue weighted by Crippen LogP contribution is 2.41. The molecule has 1 unspecified atom stereocenters. The van der Waals surface area contributed by atoms with Gasteiger partial charge in [0.1, 0.15) is 0 Å². The Labute approximate surface area is 201 Å². The van der Waals surface area contributed by atoms with Gasteiger partial charge in [-0.1, -0.05) is 41.7 Å². The molecule has 1 N–H and O–H groups in total. The Morgan fingerprint density at radius 2 is 1.71 bits per heavy atom. The number of likely N-dealkylation sites (tertiary alicyclic amines) is 1. The Bertz CT molecular complexity index is 1060. The lowest BCUT2D eigenvalue weighted by molar-refractivity contribution is -0.895. The van der Waals surface area contributed by atoms with Gasteiger partial charge in [0.05, 0.1) is 45.9 Å². The highest BCUT2D eigenvalue weighted by molar-refractivity contribution is 6.46. The molecule has 0 saturated carbocycles. The predicted octanol–water partition coefficient (Wildman–Crippen LogP) is 1.55. The maximum Gasteiger partial charge on any atom is 0.295 e. The third-order valence-electron chi connectivity index (χ3n) is 6.35. The second-order valence-corrected chi connectivity index (χ2v) is 8.39. The zero-order valence-corrected chi connectivity index (χ0v) is 20.6. The van der Waals surface area contributed by atoms with Crippen molar-refractivity contribution in [1.82, 2.24) is 4.90 Å². The first-order valence-corrected chi connectivity index (χ1v) is 11.8. The largest absolute Gasteiger partial charge is 0.872 e. The molecule has 0 aromatic heterocycles. The van der Waals surface area contributed by atoms with Crippen LogP contribution in [0.15, 0.2) is 48.0 Å². The number of ketones is 1. The Morgan fingerprint density at radius 1 is 1.03 bits per heavy atom. The van der Waals surface area contributed by atoms with Crippen molar-refractivity contribution in [1.29, 1.82) is 0 Å². The van der Waals surface area contributed by atoms with Crippen LogP contribution in [0.2, 0.25) is 0 Å². The van der Waals surface area contributed by atoms with Crippen molar-refractivity contribution in [3.63, 3.8) is 0 Å². The molecule has 7 nitrogen and oxygen atoms in total. The van der Waals surface area contributed by atoms with E-state index in [1.807, 2.05) is 26.0 Å². The highest BCUT2D eigenvalue weighted by atomic mass is 16.5. The van der Waals surface area contributed by atoms with E-state index in [4.69, 9.17) is 9.47 Å². The molecule has 34 heavy (non-hydrogen) atoms. The molecular formula is C27H34N2O5. The summed E-state index contributed by atoms with van der Waals surface area (Å²) < 4.78 is 11.1. The lowest BCUT2D eigenvalue weighted by atomic mass is 9.94. The molecule has 7 heteroatoms. The van der Waals surface area contributed by atoms with E-state index < -0.39 is 23.5 Å². The number of benzene rings is 2. The second kappa shape index (κ2) is 11.2. The van der Waals surface area contributed by atoms with Gasteiger partial charge in [-0.15, -0.1) is 0 Å². The minimum Gasteiger partial charge on any atom is -0.872 e. The van der Waals surface area contributed by atoms with E-state index in [1.165, 1.54) is 16.9 Å². The Kier molecular flexibility index (Phi) is 8.34. The molecular weight excluding hydrogens is 432 g/mol. The van der Waals surface area contributed by atoms with Crippen LogP contribution >= 0.6 is 0 Å². The van der Waals surface area contributed by atoms with Crippen LogP contribution < -0.4 is 19.5 Å². The van der Waals surface area contributed by atoms with Gasteiger partial charge in [-0.3, -0.25) is 9.59 Å². The average Bonchev–Trinajstić information content (AvgIpc) is 3.10. The monoisotopic (exact) mass is 466 g/mol. The Morgan fingerprint density at radius 3 is 2.29 bits per heavy atom. The van der Waals surface area contributed by atoms with Crippen LogP contribution in [-0.2, 0) is 9.59 Å². The number of amides is 1. The van der Waals surface area contributed by atoms with E-state index in [1.54, 1.807) is 30.3 Å². The van der Waals surface area contributed by atoms with Crippen LogP contribution in [0.5, 0.6) is 11.5 Å². The third-order valence-corrected chi connectivity index (χ3v) is 6.35. The summed E-state index contributed by atoms with van der Waals surface area (Å²) in [5.41, 5.74) is 2.02. The number of nitrogens with zero attached hydrogens (tertiary/aromatic N) is 1. The number of rotatable bonds is 10. The van der Waals surface area contributed by atoms with Crippen LogP contribution in [-0.4, -0.2) is 56.5 Å². The van der Waals surface area contributed by atoms with Crippen molar-refractivity contribution in [2.24, 2.45) is 0 Å².